The smallest absolute Gasteiger partial charge is 0.309 e. The van der Waals surface area contributed by atoms with E-state index in [1.165, 1.54) is 31.1 Å². The molecule has 17 nitrogen and oxygen atoms in total. The fourth-order valence-corrected chi connectivity index (χ4v) is 9.61. The average Bonchev–Trinajstić information content (AvgIpc) is 3.82. The van der Waals surface area contributed by atoms with Crippen LogP contribution in [0.4, 0.5) is 5.69 Å². The third-order valence-corrected chi connectivity index (χ3v) is 14.2. The molecule has 1 aliphatic heterocycles. The van der Waals surface area contributed by atoms with Gasteiger partial charge < -0.3 is 56.1 Å². The number of hydrogen-bond donors (Lipinski definition) is 6. The van der Waals surface area contributed by atoms with Gasteiger partial charge in [0.1, 0.15) is 10.7 Å². The molecule has 6 atom stereocenters. The number of anilines is 1. The average molecular weight is 1000 g/mol. The predicted octanol–water partition coefficient (Wildman–Crippen LogP) is 6.42. The van der Waals surface area contributed by atoms with Gasteiger partial charge in [-0.15, -0.1) is 11.3 Å². The molecule has 1 unspecified atom stereocenters. The summed E-state index contributed by atoms with van der Waals surface area (Å²) in [7, 11) is 2.16. The zero-order chi connectivity index (χ0) is 51.6. The van der Waals surface area contributed by atoms with Crippen LogP contribution in [-0.4, -0.2) is 146 Å². The van der Waals surface area contributed by atoms with Crippen LogP contribution in [0, 0.1) is 17.3 Å². The molecule has 396 valence electrons. The number of esters is 1. The molecule has 2 aromatic rings. The summed E-state index contributed by atoms with van der Waals surface area (Å²) in [6.45, 7) is 20.2. The van der Waals surface area contributed by atoms with Gasteiger partial charge in [0.05, 0.1) is 44.4 Å². The molecule has 2 heterocycles. The molecule has 1 aliphatic rings. The summed E-state index contributed by atoms with van der Waals surface area (Å²) < 4.78 is 16.7. The van der Waals surface area contributed by atoms with E-state index in [0.29, 0.717) is 70.0 Å². The molecule has 0 aliphatic carbocycles. The Morgan fingerprint density at radius 1 is 1.00 bits per heavy atom. The number of unbranched alkanes of at least 4 members (excludes halogenated alkanes) is 3. The van der Waals surface area contributed by atoms with Gasteiger partial charge in [0, 0.05) is 68.7 Å². The lowest BCUT2D eigenvalue weighted by atomic mass is 9.84. The molecule has 7 N–H and O–H groups in total. The summed E-state index contributed by atoms with van der Waals surface area (Å²) in [6, 6.07) is 6.52. The molecule has 1 aromatic heterocycles. The number of benzene rings is 1. The maximum Gasteiger partial charge on any atom is 0.309 e. The Bertz CT molecular complexity index is 1860. The number of nitrogens with one attached hydrogen (secondary N) is 4. The van der Waals surface area contributed by atoms with Crippen LogP contribution in [0.1, 0.15) is 147 Å². The van der Waals surface area contributed by atoms with E-state index < -0.39 is 35.4 Å². The number of carbonyl (C=O) groups excluding carboxylic acids is 4. The summed E-state index contributed by atoms with van der Waals surface area (Å²) >= 11 is 1.22. The van der Waals surface area contributed by atoms with Gasteiger partial charge >= 0.3 is 11.9 Å². The van der Waals surface area contributed by atoms with E-state index in [2.05, 4.69) is 67.8 Å². The van der Waals surface area contributed by atoms with Crippen LogP contribution in [-0.2, 0) is 39.8 Å². The minimum Gasteiger partial charge on any atom is -0.481 e. The maximum absolute atomic E-state index is 15.0. The number of carboxylic acid groups (broad SMARTS) is 1. The first-order chi connectivity index (χ1) is 33.4. The Kier molecular flexibility index (Phi) is 27.5. The highest BCUT2D eigenvalue weighted by Crippen LogP contribution is 2.32. The number of aliphatic carboxylic acids is 1. The lowest BCUT2D eigenvalue weighted by Crippen LogP contribution is -2.57. The minimum atomic E-state index is -1.16. The summed E-state index contributed by atoms with van der Waals surface area (Å²) in [5.74, 6) is -1.99. The van der Waals surface area contributed by atoms with Gasteiger partial charge in [-0.25, -0.2) is 4.98 Å². The molecule has 3 rings (SSSR count). The summed E-state index contributed by atoms with van der Waals surface area (Å²) in [4.78, 5) is 75.6. The van der Waals surface area contributed by atoms with Crippen molar-refractivity contribution in [2.75, 3.05) is 78.1 Å². The molecule has 0 spiro atoms. The quantitative estimate of drug-likeness (QED) is 0.0324. The van der Waals surface area contributed by atoms with Crippen molar-refractivity contribution in [3.63, 3.8) is 0 Å². The van der Waals surface area contributed by atoms with Gasteiger partial charge in [-0.2, -0.15) is 0 Å². The van der Waals surface area contributed by atoms with E-state index in [-0.39, 0.29) is 54.4 Å². The zero-order valence-electron chi connectivity index (χ0n) is 43.8. The first-order valence-corrected chi connectivity index (χ1v) is 26.6. The number of likely N-dealkylation sites (N-methyl/N-ethyl adjacent to an activating group) is 1. The van der Waals surface area contributed by atoms with Crippen molar-refractivity contribution < 1.29 is 43.3 Å². The van der Waals surface area contributed by atoms with E-state index in [1.807, 2.05) is 29.2 Å². The van der Waals surface area contributed by atoms with Gasteiger partial charge in [-0.1, -0.05) is 78.9 Å². The fourth-order valence-electron chi connectivity index (χ4n) is 8.77. The summed E-state index contributed by atoms with van der Waals surface area (Å²) in [6.07, 6.45) is 8.24. The molecular formula is C52H88N8O9S. The number of likely N-dealkylation sites (tertiary alicyclic amines) is 1. The molecule has 70 heavy (non-hydrogen) atoms. The number of nitrogens with zero attached hydrogens (tertiary/aromatic N) is 3. The van der Waals surface area contributed by atoms with Gasteiger partial charge in [0.25, 0.3) is 5.91 Å². The second-order valence-corrected chi connectivity index (χ2v) is 20.8. The third kappa shape index (κ3) is 21.3. The van der Waals surface area contributed by atoms with Crippen molar-refractivity contribution in [3.8, 4) is 0 Å². The molecular weight excluding hydrogens is 913 g/mol. The Balaban J connectivity index is 1.79. The van der Waals surface area contributed by atoms with Gasteiger partial charge in [-0.3, -0.25) is 24.0 Å². The highest BCUT2D eigenvalue weighted by molar-refractivity contribution is 7.09. The first kappa shape index (κ1) is 60.1. The number of thiazole rings is 1. The molecule has 18 heteroatoms. The SMILES string of the molecule is CCCCCCN(C(=O)[C@@H](NCC1CCCCN1C)[C@@H](C)CC)[C@H](C[C@@H](OC(C)=O)c1nc(C(=O)N[C@@H](Cc2ccc(NCC(=O)NCCOCCOCCN)cc2)CC(C)(C)C(=O)O)cs1)C(C)C. The number of aromatic nitrogens is 1. The van der Waals surface area contributed by atoms with Crippen molar-refractivity contribution in [3.05, 3.63) is 45.9 Å². The van der Waals surface area contributed by atoms with E-state index in [0.717, 1.165) is 62.9 Å². The Labute approximate surface area is 422 Å². The standard InChI is InChI=1S/C52H88N8O9S/c1-10-12-13-15-25-60(50(64)47(37(5)11-2)56-33-42-17-14-16-24-59(42)9)44(36(3)4)31-45(69-38(6)61)49-58-43(35-70-49)48(63)57-41(32-52(7,8)51(65)66)30-39-18-20-40(21-19-39)55-34-46(62)54-23-27-68-29-28-67-26-22-53/h18-21,35-37,41-42,44-45,47,55-56H,10-17,22-34,53H2,1-9H3,(H,54,62)(H,57,63)(H,65,66)/t37-,41-,42?,44+,45+,47-/m0/s1. The van der Waals surface area contributed by atoms with Crippen LogP contribution in [0.15, 0.2) is 29.6 Å². The van der Waals surface area contributed by atoms with Gasteiger partial charge in [-0.05, 0) is 89.1 Å². The summed E-state index contributed by atoms with van der Waals surface area (Å²) in [5.41, 5.74) is 5.93. The zero-order valence-corrected chi connectivity index (χ0v) is 44.6. The Morgan fingerprint density at radius 3 is 2.34 bits per heavy atom. The van der Waals surface area contributed by atoms with Crippen LogP contribution in [0.5, 0.6) is 0 Å². The topological polar surface area (TPSA) is 227 Å². The lowest BCUT2D eigenvalue weighted by molar-refractivity contribution is -0.149. The predicted molar refractivity (Wildman–Crippen MR) is 277 cm³/mol. The second-order valence-electron chi connectivity index (χ2n) is 19.9. The van der Waals surface area contributed by atoms with Crippen molar-refractivity contribution >= 4 is 46.7 Å². The largest absolute Gasteiger partial charge is 0.481 e. The number of carbonyl (C=O) groups is 5. The number of nitrogens with two attached hydrogens (primary N) is 1. The number of ether oxygens (including phenoxy) is 3. The van der Waals surface area contributed by atoms with Crippen molar-refractivity contribution in [2.45, 2.75) is 156 Å². The Hall–Kier alpha value is -4.20. The number of rotatable bonds is 35. The molecule has 1 fully saturated rings. The molecule has 0 bridgehead atoms. The van der Waals surface area contributed by atoms with E-state index in [4.69, 9.17) is 24.9 Å². The van der Waals surface area contributed by atoms with E-state index in [1.54, 1.807) is 19.2 Å². The van der Waals surface area contributed by atoms with Gasteiger partial charge in [0.15, 0.2) is 6.10 Å². The third-order valence-electron chi connectivity index (χ3n) is 13.2. The monoisotopic (exact) mass is 1000 g/mol. The highest BCUT2D eigenvalue weighted by Gasteiger charge is 2.37. The molecule has 0 radical (unpaired) electrons. The number of carboxylic acids is 1. The maximum atomic E-state index is 15.0. The normalized spacial score (nSPS) is 16.5. The first-order valence-electron chi connectivity index (χ1n) is 25.8. The Morgan fingerprint density at radius 2 is 1.71 bits per heavy atom. The van der Waals surface area contributed by atoms with Crippen molar-refractivity contribution in [1.82, 2.24) is 30.7 Å². The van der Waals surface area contributed by atoms with Crippen LogP contribution < -0.4 is 27.0 Å². The number of hydrogen-bond acceptors (Lipinski definition) is 14. The lowest BCUT2D eigenvalue weighted by Gasteiger charge is -2.40. The van der Waals surface area contributed by atoms with Crippen LogP contribution in [0.3, 0.4) is 0 Å². The highest BCUT2D eigenvalue weighted by atomic mass is 32.1. The minimum absolute atomic E-state index is 0.00883. The van der Waals surface area contributed by atoms with E-state index >= 15 is 0 Å². The fraction of sp³-hybridized carbons (Fsp3) is 0.731. The molecule has 0 saturated carbocycles. The molecule has 1 aromatic carbocycles. The second kappa shape index (κ2) is 32.0. The van der Waals surface area contributed by atoms with Crippen molar-refractivity contribution in [2.24, 2.45) is 23.0 Å². The van der Waals surface area contributed by atoms with Crippen LogP contribution in [0.25, 0.3) is 0 Å². The van der Waals surface area contributed by atoms with Crippen LogP contribution in [0.2, 0.25) is 0 Å². The number of piperidine rings is 1. The van der Waals surface area contributed by atoms with E-state index in [9.17, 15) is 29.1 Å². The van der Waals surface area contributed by atoms with Crippen LogP contribution >= 0.6 is 11.3 Å². The molecule has 1 saturated heterocycles. The van der Waals surface area contributed by atoms with Gasteiger partial charge in [0.2, 0.25) is 11.8 Å². The van der Waals surface area contributed by atoms with Crippen molar-refractivity contribution in [1.29, 1.82) is 0 Å². The number of amides is 3. The molecule has 3 amide bonds. The summed E-state index contributed by atoms with van der Waals surface area (Å²) in [5, 5.41) is 24.8.